The van der Waals surface area contributed by atoms with Gasteiger partial charge in [-0.05, 0) is 49.7 Å². The first-order valence-electron chi connectivity index (χ1n) is 6.56. The van der Waals surface area contributed by atoms with E-state index in [1.54, 1.807) is 18.5 Å². The van der Waals surface area contributed by atoms with E-state index in [1.807, 2.05) is 0 Å². The lowest BCUT2D eigenvalue weighted by atomic mass is 10.2. The molecule has 0 radical (unpaired) electrons. The average Bonchev–Trinajstić information content (AvgIpc) is 2.33. The van der Waals surface area contributed by atoms with Crippen molar-refractivity contribution in [1.82, 2.24) is 15.2 Å². The highest BCUT2D eigenvalue weighted by molar-refractivity contribution is 9.10. The number of halogens is 1. The summed E-state index contributed by atoms with van der Waals surface area (Å²) in [5, 5.41) is 2.92. The maximum absolute atomic E-state index is 11.9. The number of carbonyl (C=O) groups is 1. The van der Waals surface area contributed by atoms with Crippen molar-refractivity contribution in [3.63, 3.8) is 0 Å². The first-order valence-corrected chi connectivity index (χ1v) is 7.35. The second-order valence-electron chi connectivity index (χ2n) is 5.07. The minimum atomic E-state index is -0.0822. The fraction of sp³-hybridized carbons (Fsp3) is 0.571. The van der Waals surface area contributed by atoms with E-state index in [2.05, 4.69) is 58.8 Å². The predicted octanol–water partition coefficient (Wildman–Crippen LogP) is 2.69. The van der Waals surface area contributed by atoms with Crippen molar-refractivity contribution in [2.75, 3.05) is 13.1 Å². The van der Waals surface area contributed by atoms with Crippen LogP contribution in [0.4, 0.5) is 0 Å². The number of aromatic nitrogens is 1. The van der Waals surface area contributed by atoms with Gasteiger partial charge in [0.1, 0.15) is 0 Å². The number of pyridine rings is 1. The molecule has 0 aliphatic heterocycles. The number of amides is 1. The monoisotopic (exact) mass is 327 g/mol. The highest BCUT2D eigenvalue weighted by Gasteiger charge is 2.13. The maximum Gasteiger partial charge on any atom is 0.252 e. The van der Waals surface area contributed by atoms with Gasteiger partial charge in [0.25, 0.3) is 5.91 Å². The Labute approximate surface area is 123 Å². The molecular formula is C14H22BrN3O. The smallest absolute Gasteiger partial charge is 0.252 e. The quantitative estimate of drug-likeness (QED) is 0.873. The van der Waals surface area contributed by atoms with Gasteiger partial charge in [-0.25, -0.2) is 0 Å². The minimum Gasteiger partial charge on any atom is -0.351 e. The van der Waals surface area contributed by atoms with E-state index >= 15 is 0 Å². The van der Waals surface area contributed by atoms with Crippen LogP contribution in [0.3, 0.4) is 0 Å². The molecule has 1 aromatic rings. The Balaban J connectivity index is 2.47. The second kappa shape index (κ2) is 7.60. The molecule has 0 saturated carbocycles. The Morgan fingerprint density at radius 3 is 2.47 bits per heavy atom. The van der Waals surface area contributed by atoms with Crippen molar-refractivity contribution in [1.29, 1.82) is 0 Å². The average molecular weight is 328 g/mol. The van der Waals surface area contributed by atoms with E-state index in [1.165, 1.54) is 0 Å². The number of nitrogens with one attached hydrogen (secondary N) is 1. The van der Waals surface area contributed by atoms with E-state index in [-0.39, 0.29) is 5.91 Å². The summed E-state index contributed by atoms with van der Waals surface area (Å²) in [4.78, 5) is 18.3. The summed E-state index contributed by atoms with van der Waals surface area (Å²) in [6.45, 7) is 10.2. The molecule has 0 aliphatic carbocycles. The number of hydrogen-bond acceptors (Lipinski definition) is 3. The highest BCUT2D eigenvalue weighted by atomic mass is 79.9. The van der Waals surface area contributed by atoms with Crippen molar-refractivity contribution >= 4 is 21.8 Å². The van der Waals surface area contributed by atoms with Crippen LogP contribution < -0.4 is 5.32 Å². The molecule has 19 heavy (non-hydrogen) atoms. The van der Waals surface area contributed by atoms with Crippen LogP contribution in [0.2, 0.25) is 0 Å². The Kier molecular flexibility index (Phi) is 6.45. The number of carbonyl (C=O) groups excluding carboxylic acids is 1. The Morgan fingerprint density at radius 2 is 1.95 bits per heavy atom. The van der Waals surface area contributed by atoms with Gasteiger partial charge in [-0.1, -0.05) is 0 Å². The molecule has 4 nitrogen and oxygen atoms in total. The summed E-state index contributed by atoms with van der Waals surface area (Å²) in [5.41, 5.74) is 0.579. The standard InChI is InChI=1S/C14H22BrN3O/c1-10(2)18(11(3)4)6-5-17-14(19)12-7-13(15)9-16-8-12/h7-11H,5-6H2,1-4H3,(H,17,19). The van der Waals surface area contributed by atoms with Crippen LogP contribution in [0.15, 0.2) is 22.9 Å². The van der Waals surface area contributed by atoms with E-state index in [4.69, 9.17) is 0 Å². The third-order valence-corrected chi connectivity index (χ3v) is 3.38. The van der Waals surface area contributed by atoms with Crippen LogP contribution >= 0.6 is 15.9 Å². The molecule has 1 heterocycles. The SMILES string of the molecule is CC(C)N(CCNC(=O)c1cncc(Br)c1)C(C)C. The summed E-state index contributed by atoms with van der Waals surface area (Å²) in [6.07, 6.45) is 3.23. The Hall–Kier alpha value is -0.940. The zero-order chi connectivity index (χ0) is 14.4. The molecule has 1 aromatic heterocycles. The van der Waals surface area contributed by atoms with Crippen LogP contribution in [0, 0.1) is 0 Å². The van der Waals surface area contributed by atoms with Crippen molar-refractivity contribution in [2.24, 2.45) is 0 Å². The van der Waals surface area contributed by atoms with Crippen LogP contribution in [-0.4, -0.2) is 41.0 Å². The van der Waals surface area contributed by atoms with Crippen molar-refractivity contribution in [2.45, 2.75) is 39.8 Å². The van der Waals surface area contributed by atoms with Gasteiger partial charge in [-0.3, -0.25) is 14.7 Å². The number of rotatable bonds is 6. The van der Waals surface area contributed by atoms with E-state index < -0.39 is 0 Å². The van der Waals surface area contributed by atoms with Gasteiger partial charge in [0.15, 0.2) is 0 Å². The molecule has 106 valence electrons. The topological polar surface area (TPSA) is 45.2 Å². The van der Waals surface area contributed by atoms with Gasteiger partial charge in [0.2, 0.25) is 0 Å². The molecule has 0 unspecified atom stereocenters. The minimum absolute atomic E-state index is 0.0822. The van der Waals surface area contributed by atoms with Crippen LogP contribution in [0.5, 0.6) is 0 Å². The predicted molar refractivity (Wildman–Crippen MR) is 81.2 cm³/mol. The van der Waals surface area contributed by atoms with Crippen molar-refractivity contribution in [3.8, 4) is 0 Å². The molecule has 1 amide bonds. The summed E-state index contributed by atoms with van der Waals surface area (Å²) in [7, 11) is 0. The molecule has 1 rings (SSSR count). The third kappa shape index (κ3) is 5.28. The summed E-state index contributed by atoms with van der Waals surface area (Å²) in [5.74, 6) is -0.0822. The molecule has 0 bridgehead atoms. The van der Waals surface area contributed by atoms with Crippen molar-refractivity contribution < 1.29 is 4.79 Å². The van der Waals surface area contributed by atoms with E-state index in [0.717, 1.165) is 11.0 Å². The zero-order valence-corrected chi connectivity index (χ0v) is 13.6. The van der Waals surface area contributed by atoms with Crippen LogP contribution in [0.25, 0.3) is 0 Å². The molecule has 0 fully saturated rings. The molecule has 0 aromatic carbocycles. The normalized spacial score (nSPS) is 11.4. The fourth-order valence-corrected chi connectivity index (χ4v) is 2.41. The number of nitrogens with zero attached hydrogens (tertiary/aromatic N) is 2. The van der Waals surface area contributed by atoms with Crippen LogP contribution in [-0.2, 0) is 0 Å². The molecule has 0 saturated heterocycles. The molecule has 1 N–H and O–H groups in total. The maximum atomic E-state index is 11.9. The van der Waals surface area contributed by atoms with Gasteiger partial charge >= 0.3 is 0 Å². The second-order valence-corrected chi connectivity index (χ2v) is 5.99. The molecule has 5 heteroatoms. The van der Waals surface area contributed by atoms with Gasteiger partial charge < -0.3 is 5.32 Å². The Bertz CT molecular complexity index is 413. The molecule has 0 spiro atoms. The summed E-state index contributed by atoms with van der Waals surface area (Å²) in [6, 6.07) is 2.72. The van der Waals surface area contributed by atoms with Crippen molar-refractivity contribution in [3.05, 3.63) is 28.5 Å². The summed E-state index contributed by atoms with van der Waals surface area (Å²) < 4.78 is 0.811. The lowest BCUT2D eigenvalue weighted by Gasteiger charge is -2.30. The van der Waals surface area contributed by atoms with E-state index in [9.17, 15) is 4.79 Å². The lowest BCUT2D eigenvalue weighted by molar-refractivity contribution is 0.0939. The van der Waals surface area contributed by atoms with Gasteiger partial charge in [-0.2, -0.15) is 0 Å². The largest absolute Gasteiger partial charge is 0.351 e. The van der Waals surface area contributed by atoms with Gasteiger partial charge in [0, 0.05) is 42.0 Å². The fourth-order valence-electron chi connectivity index (χ4n) is 2.05. The number of hydrogen-bond donors (Lipinski definition) is 1. The highest BCUT2D eigenvalue weighted by Crippen LogP contribution is 2.09. The Morgan fingerprint density at radius 1 is 1.32 bits per heavy atom. The third-order valence-electron chi connectivity index (χ3n) is 2.95. The van der Waals surface area contributed by atoms with E-state index in [0.29, 0.717) is 24.2 Å². The summed E-state index contributed by atoms with van der Waals surface area (Å²) >= 11 is 3.31. The molecule has 0 aliphatic rings. The molecular weight excluding hydrogens is 306 g/mol. The molecule has 0 atom stereocenters. The lowest BCUT2D eigenvalue weighted by Crippen LogP contribution is -2.42. The van der Waals surface area contributed by atoms with Gasteiger partial charge in [-0.15, -0.1) is 0 Å². The zero-order valence-electron chi connectivity index (χ0n) is 12.0. The first-order chi connectivity index (χ1) is 8.91. The van der Waals surface area contributed by atoms with Crippen LogP contribution in [0.1, 0.15) is 38.1 Å². The first kappa shape index (κ1) is 16.1. The van der Waals surface area contributed by atoms with Gasteiger partial charge in [0.05, 0.1) is 5.56 Å².